The molecule has 86 valence electrons. The molecule has 0 aliphatic heterocycles. The summed E-state index contributed by atoms with van der Waals surface area (Å²) in [6.07, 6.45) is 2.33. The molecule has 1 aromatic heterocycles. The Kier molecular flexibility index (Phi) is 7.26. The van der Waals surface area contributed by atoms with Crippen LogP contribution in [0, 0.1) is 0 Å². The summed E-state index contributed by atoms with van der Waals surface area (Å²) < 4.78 is 6.47. The molecule has 0 atom stereocenters. The molecule has 0 saturated heterocycles. The first kappa shape index (κ1) is 13.2. The monoisotopic (exact) mass is 291 g/mol. The van der Waals surface area contributed by atoms with Gasteiger partial charge in [0.25, 0.3) is 0 Å². The number of nitrogens with one attached hydrogen (secondary N) is 1. The maximum atomic E-state index is 5.27. The fourth-order valence-electron chi connectivity index (χ4n) is 1.27. The zero-order valence-electron chi connectivity index (χ0n) is 9.09. The van der Waals surface area contributed by atoms with Crippen LogP contribution in [0.3, 0.4) is 0 Å². The first-order valence-electron chi connectivity index (χ1n) is 5.34. The lowest BCUT2D eigenvalue weighted by Crippen LogP contribution is -2.14. The van der Waals surface area contributed by atoms with E-state index in [9.17, 15) is 0 Å². The normalized spacial score (nSPS) is 10.8. The average molecular weight is 292 g/mol. The van der Waals surface area contributed by atoms with Crippen LogP contribution < -0.4 is 5.32 Å². The van der Waals surface area contributed by atoms with Crippen molar-refractivity contribution in [2.45, 2.75) is 26.3 Å². The van der Waals surface area contributed by atoms with Crippen LogP contribution in [-0.2, 0) is 11.3 Å². The van der Waals surface area contributed by atoms with Gasteiger partial charge in [0.1, 0.15) is 0 Å². The van der Waals surface area contributed by atoms with Crippen LogP contribution in [0.4, 0.5) is 0 Å². The summed E-state index contributed by atoms with van der Waals surface area (Å²) in [4.78, 5) is 0. The number of unbranched alkanes of at least 4 members (excludes halogenated alkanes) is 1. The van der Waals surface area contributed by atoms with Gasteiger partial charge >= 0.3 is 0 Å². The third-order valence-corrected chi connectivity index (χ3v) is 3.60. The van der Waals surface area contributed by atoms with E-state index in [1.165, 1.54) is 15.8 Å². The van der Waals surface area contributed by atoms with E-state index in [0.717, 1.165) is 32.7 Å². The molecule has 0 bridgehead atoms. The van der Waals surface area contributed by atoms with Crippen LogP contribution in [0.15, 0.2) is 15.2 Å². The van der Waals surface area contributed by atoms with Gasteiger partial charge < -0.3 is 10.1 Å². The second kappa shape index (κ2) is 8.28. The summed E-state index contributed by atoms with van der Waals surface area (Å²) >= 11 is 5.19. The van der Waals surface area contributed by atoms with Crippen LogP contribution in [0.5, 0.6) is 0 Å². The Morgan fingerprint density at radius 1 is 1.47 bits per heavy atom. The largest absolute Gasteiger partial charge is 0.382 e. The quantitative estimate of drug-likeness (QED) is 0.741. The van der Waals surface area contributed by atoms with Crippen molar-refractivity contribution in [3.8, 4) is 0 Å². The number of halogens is 1. The maximum absolute atomic E-state index is 5.27. The van der Waals surface area contributed by atoms with Crippen molar-refractivity contribution >= 4 is 27.3 Å². The minimum atomic E-state index is 0.830. The molecule has 0 aromatic carbocycles. The number of hydrogen-bond donors (Lipinski definition) is 1. The smallest absolute Gasteiger partial charge is 0.0701 e. The van der Waals surface area contributed by atoms with E-state index in [1.54, 1.807) is 11.3 Å². The van der Waals surface area contributed by atoms with Gasteiger partial charge in [0.2, 0.25) is 0 Å². The Labute approximate surface area is 104 Å². The van der Waals surface area contributed by atoms with Gasteiger partial charge in [-0.05, 0) is 59.2 Å². The number of thiophene rings is 1. The van der Waals surface area contributed by atoms with Gasteiger partial charge in [-0.1, -0.05) is 0 Å². The van der Waals surface area contributed by atoms with Gasteiger partial charge in [-0.3, -0.25) is 0 Å². The zero-order chi connectivity index (χ0) is 10.9. The molecule has 1 N–H and O–H groups in total. The Balaban J connectivity index is 1.93. The molecule has 0 saturated carbocycles. The van der Waals surface area contributed by atoms with Gasteiger partial charge in [-0.2, -0.15) is 0 Å². The van der Waals surface area contributed by atoms with Crippen molar-refractivity contribution < 1.29 is 4.74 Å². The molecule has 1 aromatic rings. The molecule has 0 aliphatic rings. The summed E-state index contributed by atoms with van der Waals surface area (Å²) in [7, 11) is 0. The van der Waals surface area contributed by atoms with Gasteiger partial charge in [-0.25, -0.2) is 0 Å². The van der Waals surface area contributed by atoms with Gasteiger partial charge in [0, 0.05) is 19.8 Å². The standard InChI is InChI=1S/C11H18BrNOS/c1-2-14-6-4-3-5-13-8-10-7-11(12)15-9-10/h7,9,13H,2-6,8H2,1H3. The predicted octanol–water partition coefficient (Wildman–Crippen LogP) is 3.42. The van der Waals surface area contributed by atoms with E-state index in [4.69, 9.17) is 4.74 Å². The minimum Gasteiger partial charge on any atom is -0.382 e. The Hall–Kier alpha value is 0.100. The summed E-state index contributed by atoms with van der Waals surface area (Å²) in [6.45, 7) is 5.79. The van der Waals surface area contributed by atoms with Gasteiger partial charge in [0.15, 0.2) is 0 Å². The molecule has 1 heterocycles. The van der Waals surface area contributed by atoms with Crippen LogP contribution in [0.25, 0.3) is 0 Å². The zero-order valence-corrected chi connectivity index (χ0v) is 11.5. The molecule has 0 radical (unpaired) electrons. The topological polar surface area (TPSA) is 21.3 Å². The highest BCUT2D eigenvalue weighted by molar-refractivity contribution is 9.11. The highest BCUT2D eigenvalue weighted by Gasteiger charge is 1.96. The first-order chi connectivity index (χ1) is 7.33. The molecule has 0 spiro atoms. The Morgan fingerprint density at radius 2 is 2.33 bits per heavy atom. The van der Waals surface area contributed by atoms with Crippen molar-refractivity contribution in [2.75, 3.05) is 19.8 Å². The highest BCUT2D eigenvalue weighted by Crippen LogP contribution is 2.20. The molecular weight excluding hydrogens is 274 g/mol. The van der Waals surface area contributed by atoms with Gasteiger partial charge in [-0.15, -0.1) is 11.3 Å². The average Bonchev–Trinajstić information content (AvgIpc) is 2.63. The summed E-state index contributed by atoms with van der Waals surface area (Å²) in [6, 6.07) is 2.16. The number of ether oxygens (including phenoxy) is 1. The van der Waals surface area contributed by atoms with E-state index < -0.39 is 0 Å². The van der Waals surface area contributed by atoms with Crippen molar-refractivity contribution in [2.24, 2.45) is 0 Å². The van der Waals surface area contributed by atoms with Crippen LogP contribution in [0.1, 0.15) is 25.3 Å². The van der Waals surface area contributed by atoms with E-state index in [1.807, 2.05) is 6.92 Å². The molecule has 1 rings (SSSR count). The van der Waals surface area contributed by atoms with E-state index >= 15 is 0 Å². The van der Waals surface area contributed by atoms with Crippen LogP contribution >= 0.6 is 27.3 Å². The summed E-state index contributed by atoms with van der Waals surface area (Å²) in [5, 5.41) is 5.60. The van der Waals surface area contributed by atoms with E-state index in [-0.39, 0.29) is 0 Å². The second-order valence-corrected chi connectivity index (χ2v) is 5.63. The predicted molar refractivity (Wildman–Crippen MR) is 69.5 cm³/mol. The maximum Gasteiger partial charge on any atom is 0.0701 e. The molecule has 0 aliphatic carbocycles. The number of rotatable bonds is 8. The molecule has 15 heavy (non-hydrogen) atoms. The Morgan fingerprint density at radius 3 is 3.00 bits per heavy atom. The third-order valence-electron chi connectivity index (χ3n) is 2.05. The van der Waals surface area contributed by atoms with Crippen molar-refractivity contribution in [3.63, 3.8) is 0 Å². The molecule has 0 fully saturated rings. The third kappa shape index (κ3) is 6.30. The SMILES string of the molecule is CCOCCCCNCc1csc(Br)c1. The lowest BCUT2D eigenvalue weighted by molar-refractivity contribution is 0.143. The van der Waals surface area contributed by atoms with Gasteiger partial charge in [0.05, 0.1) is 3.79 Å². The van der Waals surface area contributed by atoms with Crippen molar-refractivity contribution in [1.29, 1.82) is 0 Å². The summed E-state index contributed by atoms with van der Waals surface area (Å²) in [5.74, 6) is 0. The molecular formula is C11H18BrNOS. The highest BCUT2D eigenvalue weighted by atomic mass is 79.9. The molecule has 0 unspecified atom stereocenters. The minimum absolute atomic E-state index is 0.830. The molecule has 4 heteroatoms. The molecule has 2 nitrogen and oxygen atoms in total. The number of hydrogen-bond acceptors (Lipinski definition) is 3. The van der Waals surface area contributed by atoms with E-state index in [0.29, 0.717) is 0 Å². The lowest BCUT2D eigenvalue weighted by Gasteiger charge is -2.03. The second-order valence-electron chi connectivity index (χ2n) is 3.34. The molecule has 0 amide bonds. The van der Waals surface area contributed by atoms with Crippen LogP contribution in [-0.4, -0.2) is 19.8 Å². The fraction of sp³-hybridized carbons (Fsp3) is 0.636. The van der Waals surface area contributed by atoms with E-state index in [2.05, 4.69) is 32.7 Å². The van der Waals surface area contributed by atoms with Crippen LogP contribution in [0.2, 0.25) is 0 Å². The summed E-state index contributed by atoms with van der Waals surface area (Å²) in [5.41, 5.74) is 1.36. The van der Waals surface area contributed by atoms with Crippen molar-refractivity contribution in [1.82, 2.24) is 5.32 Å². The Bertz CT molecular complexity index is 265. The first-order valence-corrected chi connectivity index (χ1v) is 7.01. The fourth-order valence-corrected chi connectivity index (χ4v) is 2.48. The van der Waals surface area contributed by atoms with Crippen molar-refractivity contribution in [3.05, 3.63) is 20.8 Å². The lowest BCUT2D eigenvalue weighted by atomic mass is 10.3.